The first-order valence-electron chi connectivity index (χ1n) is 22.3. The normalized spacial score (nSPS) is 13.5. The summed E-state index contributed by atoms with van der Waals surface area (Å²) >= 11 is 0. The first-order chi connectivity index (χ1) is 27.1. The molecule has 0 bridgehead atoms. The number of allylic oxidation sites excluding steroid dienone is 10. The van der Waals surface area contributed by atoms with E-state index in [1.54, 1.807) is 0 Å². The van der Waals surface area contributed by atoms with Crippen molar-refractivity contribution in [3.05, 3.63) is 60.8 Å². The van der Waals surface area contributed by atoms with E-state index in [-0.39, 0.29) is 36.2 Å². The molecule has 8 nitrogen and oxygen atoms in total. The standard InChI is InChI=1S/C48H83NO7/c1-6-8-10-12-14-16-18-20-22-24-26-28-30-32-34-36-38-46(50)55-43-44(42-54-41-40-45(48(52)53)49(3,4)5)56-47(51)39-37-35-33-31-29-27-25-23-21-19-17-15-13-11-9-7-2/h9,11,15,17,21-24,26,28,44-45H,6-8,10,12-14,16,18-20,25,27,29-43H2,1-5H3/p+1/b11-9+,17-15+,23-21+,24-22+,28-26+. The number of quaternary nitrogens is 1. The average molecular weight is 787 g/mol. The zero-order valence-corrected chi connectivity index (χ0v) is 36.6. The number of ether oxygens (including phenoxy) is 3. The molecule has 2 atom stereocenters. The predicted octanol–water partition coefficient (Wildman–Crippen LogP) is 12.2. The largest absolute Gasteiger partial charge is 0.477 e. The summed E-state index contributed by atoms with van der Waals surface area (Å²) in [5, 5.41) is 9.62. The van der Waals surface area contributed by atoms with Gasteiger partial charge in [-0.1, -0.05) is 145 Å². The number of unbranched alkanes of at least 4 members (excludes halogenated alkanes) is 16. The summed E-state index contributed by atoms with van der Waals surface area (Å²) in [5.41, 5.74) is 0. The molecule has 0 aliphatic heterocycles. The van der Waals surface area contributed by atoms with E-state index in [4.69, 9.17) is 14.2 Å². The second-order valence-electron chi connectivity index (χ2n) is 15.9. The van der Waals surface area contributed by atoms with E-state index in [1.807, 2.05) is 21.1 Å². The van der Waals surface area contributed by atoms with Crippen molar-refractivity contribution >= 4 is 17.9 Å². The lowest BCUT2D eigenvalue weighted by atomic mass is 10.1. The van der Waals surface area contributed by atoms with Crippen molar-refractivity contribution in [1.29, 1.82) is 0 Å². The van der Waals surface area contributed by atoms with E-state index < -0.39 is 18.1 Å². The van der Waals surface area contributed by atoms with Crippen LogP contribution in [-0.4, -0.2) is 80.6 Å². The Balaban J connectivity index is 4.42. The topological polar surface area (TPSA) is 99.1 Å². The first-order valence-corrected chi connectivity index (χ1v) is 22.3. The molecular weight excluding hydrogens is 703 g/mol. The third kappa shape index (κ3) is 36.7. The van der Waals surface area contributed by atoms with Gasteiger partial charge in [0.15, 0.2) is 12.1 Å². The minimum atomic E-state index is -0.883. The van der Waals surface area contributed by atoms with Gasteiger partial charge >= 0.3 is 17.9 Å². The lowest BCUT2D eigenvalue weighted by molar-refractivity contribution is -0.887. The Bertz CT molecular complexity index is 1100. The fourth-order valence-corrected chi connectivity index (χ4v) is 6.21. The smallest absolute Gasteiger partial charge is 0.362 e. The molecule has 2 unspecified atom stereocenters. The maximum absolute atomic E-state index is 12.7. The Labute approximate surface area is 343 Å². The van der Waals surface area contributed by atoms with Crippen molar-refractivity contribution < 1.29 is 38.2 Å². The molecule has 0 aromatic rings. The van der Waals surface area contributed by atoms with Crippen LogP contribution in [0.25, 0.3) is 0 Å². The average Bonchev–Trinajstić information content (AvgIpc) is 3.15. The molecule has 0 aliphatic rings. The van der Waals surface area contributed by atoms with Crippen LogP contribution in [0.3, 0.4) is 0 Å². The zero-order valence-electron chi connectivity index (χ0n) is 36.6. The van der Waals surface area contributed by atoms with Gasteiger partial charge in [0.1, 0.15) is 6.61 Å². The first kappa shape index (κ1) is 53.0. The van der Waals surface area contributed by atoms with Crippen molar-refractivity contribution in [1.82, 2.24) is 0 Å². The van der Waals surface area contributed by atoms with Gasteiger partial charge < -0.3 is 23.8 Å². The molecule has 0 saturated heterocycles. The van der Waals surface area contributed by atoms with E-state index in [0.717, 1.165) is 83.5 Å². The second kappa shape index (κ2) is 38.9. The Hall–Kier alpha value is -2.97. The fourth-order valence-electron chi connectivity index (χ4n) is 6.21. The number of carboxylic acids is 1. The SMILES string of the molecule is CC/C=C/C/C=C/C/C=C/CCCCCCCCC(=O)OC(COCCC(C(=O)O)[N+](C)(C)C)COC(=O)CCCCC/C=C/C=C/CCCCCCCCC. The number of hydrogen-bond donors (Lipinski definition) is 1. The minimum absolute atomic E-state index is 0.0450. The van der Waals surface area contributed by atoms with E-state index in [0.29, 0.717) is 19.3 Å². The van der Waals surface area contributed by atoms with Crippen LogP contribution in [0.1, 0.15) is 174 Å². The monoisotopic (exact) mass is 787 g/mol. The maximum atomic E-state index is 12.7. The van der Waals surface area contributed by atoms with Crippen LogP contribution >= 0.6 is 0 Å². The Morgan fingerprint density at radius 2 is 1.05 bits per heavy atom. The Morgan fingerprint density at radius 1 is 0.571 bits per heavy atom. The van der Waals surface area contributed by atoms with Crippen LogP contribution in [0.4, 0.5) is 0 Å². The maximum Gasteiger partial charge on any atom is 0.362 e. The molecule has 322 valence electrons. The van der Waals surface area contributed by atoms with E-state index in [1.165, 1.54) is 57.8 Å². The van der Waals surface area contributed by atoms with Gasteiger partial charge in [-0.05, 0) is 70.6 Å². The van der Waals surface area contributed by atoms with Gasteiger partial charge in [0.05, 0.1) is 34.4 Å². The quantitative estimate of drug-likeness (QED) is 0.0218. The van der Waals surface area contributed by atoms with Crippen LogP contribution in [-0.2, 0) is 28.6 Å². The summed E-state index contributed by atoms with van der Waals surface area (Å²) in [6, 6.07) is -0.623. The molecule has 0 aromatic heterocycles. The molecular formula is C48H84NO7+. The number of carbonyl (C=O) groups excluding carboxylic acids is 2. The number of likely N-dealkylation sites (N-methyl/N-ethyl adjacent to an activating group) is 1. The molecule has 0 aromatic carbocycles. The number of rotatable bonds is 39. The number of esters is 2. The molecule has 8 heteroatoms. The van der Waals surface area contributed by atoms with Crippen molar-refractivity contribution in [2.24, 2.45) is 0 Å². The molecule has 0 heterocycles. The van der Waals surface area contributed by atoms with E-state index in [9.17, 15) is 19.5 Å². The van der Waals surface area contributed by atoms with E-state index >= 15 is 0 Å². The Kier molecular flexibility index (Phi) is 36.8. The molecule has 0 rings (SSSR count). The number of carboxylic acid groups (broad SMARTS) is 1. The molecule has 0 saturated carbocycles. The number of carbonyl (C=O) groups is 3. The van der Waals surface area contributed by atoms with Crippen molar-refractivity contribution in [3.63, 3.8) is 0 Å². The lowest BCUT2D eigenvalue weighted by Crippen LogP contribution is -2.50. The molecule has 0 radical (unpaired) electrons. The predicted molar refractivity (Wildman–Crippen MR) is 234 cm³/mol. The fraction of sp³-hybridized carbons (Fsp3) is 0.729. The summed E-state index contributed by atoms with van der Waals surface area (Å²) < 4.78 is 17.2. The summed E-state index contributed by atoms with van der Waals surface area (Å²) in [4.78, 5) is 37.0. The highest BCUT2D eigenvalue weighted by Gasteiger charge is 2.31. The second-order valence-corrected chi connectivity index (χ2v) is 15.9. The third-order valence-corrected chi connectivity index (χ3v) is 9.68. The van der Waals surface area contributed by atoms with Crippen LogP contribution in [0.15, 0.2) is 60.8 Å². The van der Waals surface area contributed by atoms with Gasteiger partial charge in [0.25, 0.3) is 0 Å². The van der Waals surface area contributed by atoms with Crippen LogP contribution in [0.2, 0.25) is 0 Å². The van der Waals surface area contributed by atoms with Gasteiger partial charge in [-0.3, -0.25) is 9.59 Å². The highest BCUT2D eigenvalue weighted by Crippen LogP contribution is 2.13. The molecule has 0 aliphatic carbocycles. The summed E-state index contributed by atoms with van der Waals surface area (Å²) in [6.07, 6.45) is 46.9. The van der Waals surface area contributed by atoms with Gasteiger partial charge in [0, 0.05) is 19.3 Å². The summed E-state index contributed by atoms with van der Waals surface area (Å²) in [7, 11) is 5.51. The van der Waals surface area contributed by atoms with E-state index in [2.05, 4.69) is 74.6 Å². The molecule has 0 fully saturated rings. The van der Waals surface area contributed by atoms with Crippen LogP contribution in [0, 0.1) is 0 Å². The molecule has 1 N–H and O–H groups in total. The van der Waals surface area contributed by atoms with Gasteiger partial charge in [-0.15, -0.1) is 0 Å². The molecule has 56 heavy (non-hydrogen) atoms. The van der Waals surface area contributed by atoms with Crippen LogP contribution in [0.5, 0.6) is 0 Å². The lowest BCUT2D eigenvalue weighted by Gasteiger charge is -2.31. The summed E-state index contributed by atoms with van der Waals surface area (Å²) in [6.45, 7) is 4.57. The highest BCUT2D eigenvalue weighted by molar-refractivity contribution is 5.72. The van der Waals surface area contributed by atoms with Crippen molar-refractivity contribution in [3.8, 4) is 0 Å². The minimum Gasteiger partial charge on any atom is -0.477 e. The summed E-state index contributed by atoms with van der Waals surface area (Å²) in [5.74, 6) is -1.52. The Morgan fingerprint density at radius 3 is 1.61 bits per heavy atom. The third-order valence-electron chi connectivity index (χ3n) is 9.68. The zero-order chi connectivity index (χ0) is 41.4. The highest BCUT2D eigenvalue weighted by atomic mass is 16.6. The number of aliphatic carboxylic acids is 1. The number of nitrogens with zero attached hydrogens (tertiary/aromatic N) is 1. The van der Waals surface area contributed by atoms with Gasteiger partial charge in [-0.25, -0.2) is 4.79 Å². The molecule has 0 amide bonds. The van der Waals surface area contributed by atoms with Gasteiger partial charge in [-0.2, -0.15) is 0 Å². The van der Waals surface area contributed by atoms with Crippen molar-refractivity contribution in [2.45, 2.75) is 187 Å². The van der Waals surface area contributed by atoms with Crippen LogP contribution < -0.4 is 0 Å². The molecule has 0 spiro atoms. The number of hydrogen-bond acceptors (Lipinski definition) is 6. The van der Waals surface area contributed by atoms with Crippen molar-refractivity contribution in [2.75, 3.05) is 41.0 Å². The van der Waals surface area contributed by atoms with Gasteiger partial charge in [0.2, 0.25) is 0 Å².